The zero-order valence-corrected chi connectivity index (χ0v) is 61.7. The van der Waals surface area contributed by atoms with E-state index in [0.717, 1.165) is 72.7 Å². The maximum absolute atomic E-state index is 11.1. The molecule has 0 bridgehead atoms. The number of rotatable bonds is 22. The minimum absolute atomic E-state index is 0.00486. The molecule has 0 heterocycles. The predicted molar refractivity (Wildman–Crippen MR) is 345 cm³/mol. The first-order chi connectivity index (χ1) is 34.7. The third-order valence-electron chi connectivity index (χ3n) is 11.5. The van der Waals surface area contributed by atoms with E-state index in [1.54, 1.807) is 0 Å². The first-order valence-electron chi connectivity index (χ1n) is 22.1. The maximum Gasteiger partial charge on any atom is 0.147 e. The monoisotopic (exact) mass is 1900 g/mol. The molecule has 0 saturated heterocycles. The molecule has 3 atom stereocenters. The molecule has 74 heavy (non-hydrogen) atoms. The zero-order chi connectivity index (χ0) is 54.6. The van der Waals surface area contributed by atoms with Crippen LogP contribution in [0, 0.1) is 5.92 Å². The summed E-state index contributed by atoms with van der Waals surface area (Å²) in [6.45, 7) is 11.5. The van der Waals surface area contributed by atoms with Crippen LogP contribution in [0.1, 0.15) is 56.9 Å². The number of ether oxygens (including phenoxy) is 6. The van der Waals surface area contributed by atoms with Crippen molar-refractivity contribution in [3.63, 3.8) is 0 Å². The number of halogens is 14. The van der Waals surface area contributed by atoms with Gasteiger partial charge in [0.05, 0.1) is 66.9 Å². The number of hydrogen-bond donors (Lipinski definition) is 2. The van der Waals surface area contributed by atoms with E-state index in [0.29, 0.717) is 59.9 Å². The van der Waals surface area contributed by atoms with Crippen molar-refractivity contribution in [2.75, 3.05) is 39.6 Å². The molecular weight excluding hydrogens is 1870 g/mol. The minimum atomic E-state index is -0.957. The van der Waals surface area contributed by atoms with E-state index in [-0.39, 0.29) is 32.3 Å². The Hall–Kier alpha value is 0.760. The summed E-state index contributed by atoms with van der Waals surface area (Å²) in [5.74, 6) is 3.79. The van der Waals surface area contributed by atoms with E-state index in [4.69, 9.17) is 28.4 Å². The van der Waals surface area contributed by atoms with Crippen molar-refractivity contribution in [3.05, 3.63) is 158 Å². The van der Waals surface area contributed by atoms with E-state index in [9.17, 15) is 10.2 Å². The van der Waals surface area contributed by atoms with Gasteiger partial charge in [0, 0.05) is 25.7 Å². The van der Waals surface area contributed by atoms with E-state index >= 15 is 0 Å². The van der Waals surface area contributed by atoms with Gasteiger partial charge in [-0.05, 0) is 286 Å². The Morgan fingerprint density at radius 1 is 0.311 bits per heavy atom. The number of aliphatic hydroxyl groups excluding tert-OH is 2. The van der Waals surface area contributed by atoms with Gasteiger partial charge in [0.2, 0.25) is 0 Å². The lowest BCUT2D eigenvalue weighted by Gasteiger charge is -2.29. The average Bonchev–Trinajstić information content (AvgIpc) is 3.29. The van der Waals surface area contributed by atoms with Gasteiger partial charge in [-0.15, -0.1) is 0 Å². The van der Waals surface area contributed by atoms with Crippen molar-refractivity contribution < 1.29 is 38.6 Å². The lowest BCUT2D eigenvalue weighted by Crippen LogP contribution is -2.26. The van der Waals surface area contributed by atoms with Crippen molar-refractivity contribution in [3.8, 4) is 34.5 Å². The molecule has 0 aliphatic heterocycles. The molecule has 8 nitrogen and oxygen atoms in total. The lowest BCUT2D eigenvalue weighted by atomic mass is 9.78. The summed E-state index contributed by atoms with van der Waals surface area (Å²) in [6.07, 6.45) is -1.85. The first kappa shape index (κ1) is 63.9. The van der Waals surface area contributed by atoms with E-state index < -0.39 is 23.0 Å². The van der Waals surface area contributed by atoms with Crippen LogP contribution < -0.4 is 28.4 Å². The smallest absolute Gasteiger partial charge is 0.147 e. The molecule has 6 aromatic rings. The third kappa shape index (κ3) is 16.5. The number of aliphatic hydroxyl groups is 2. The summed E-state index contributed by atoms with van der Waals surface area (Å²) in [6, 6.07) is 23.9. The van der Waals surface area contributed by atoms with Crippen LogP contribution in [0.25, 0.3) is 0 Å². The maximum atomic E-state index is 11.1. The highest BCUT2D eigenvalue weighted by atomic mass is 79.9. The molecule has 0 aliphatic rings. The van der Waals surface area contributed by atoms with Gasteiger partial charge in [-0.25, -0.2) is 0 Å². The van der Waals surface area contributed by atoms with E-state index in [2.05, 4.69) is 270 Å². The molecule has 6 rings (SSSR count). The highest BCUT2D eigenvalue weighted by Gasteiger charge is 2.30. The molecule has 0 aliphatic carbocycles. The van der Waals surface area contributed by atoms with Gasteiger partial charge >= 0.3 is 0 Å². The van der Waals surface area contributed by atoms with Crippen LogP contribution in [0.3, 0.4) is 0 Å². The van der Waals surface area contributed by atoms with Crippen LogP contribution in [0.2, 0.25) is 0 Å². The summed E-state index contributed by atoms with van der Waals surface area (Å²) in [5, 5.41) is 21.8. The van der Waals surface area contributed by atoms with Crippen LogP contribution in [0.5, 0.6) is 34.5 Å². The second-order valence-electron chi connectivity index (χ2n) is 18.0. The van der Waals surface area contributed by atoms with E-state index in [1.807, 2.05) is 60.7 Å². The average molecular weight is 1920 g/mol. The fourth-order valence-corrected chi connectivity index (χ4v) is 17.9. The van der Waals surface area contributed by atoms with Gasteiger partial charge < -0.3 is 38.6 Å². The summed E-state index contributed by atoms with van der Waals surface area (Å²) in [7, 11) is 0. The summed E-state index contributed by atoms with van der Waals surface area (Å²) < 4.78 is 47.7. The van der Waals surface area contributed by atoms with Crippen molar-refractivity contribution in [1.82, 2.24) is 0 Å². The van der Waals surface area contributed by atoms with Crippen LogP contribution in [0.4, 0.5) is 0 Å². The Morgan fingerprint density at radius 3 is 0.662 bits per heavy atom. The molecular formula is C52H44Br14O8. The van der Waals surface area contributed by atoms with Crippen molar-refractivity contribution >= 4 is 223 Å². The van der Waals surface area contributed by atoms with Crippen LogP contribution in [-0.4, -0.2) is 62.1 Å². The highest BCUT2D eigenvalue weighted by Crippen LogP contribution is 2.47. The molecule has 3 unspecified atom stereocenters. The highest BCUT2D eigenvalue weighted by molar-refractivity contribution is 9.13. The molecule has 0 amide bonds. The largest absolute Gasteiger partial charge is 0.491 e. The van der Waals surface area contributed by atoms with Crippen LogP contribution in [0.15, 0.2) is 135 Å². The topological polar surface area (TPSA) is 95.8 Å². The van der Waals surface area contributed by atoms with E-state index in [1.165, 1.54) is 0 Å². The first-order valence-corrected chi connectivity index (χ1v) is 33.2. The normalized spacial score (nSPS) is 13.1. The van der Waals surface area contributed by atoms with Gasteiger partial charge in [0.15, 0.2) is 0 Å². The standard InChI is InChI=1S/C52H44Br14O8/c1-24(19-70-49-41(63)14-29(53)15-42(49)64)18-69-45-33(55)6-25(7-34(45)56)51(2,3)26-8-35(57)46(36(58)9-26)71-20-31(67)21-72-47-37(59)10-27(11-38(47)60)52(4,5)28-12-39(61)48(40(62)13-28)73-22-32(68)23-74-50-43(65)16-30(54)17-44(50)66/h6-17,24,31-32,67-68H,18-23H2,1-5H3. The number of benzene rings is 6. The molecule has 0 spiro atoms. The van der Waals surface area contributed by atoms with Gasteiger partial charge in [0.25, 0.3) is 0 Å². The predicted octanol–water partition coefficient (Wildman–Crippen LogP) is 20.7. The fraction of sp³-hybridized carbons (Fsp3) is 0.308. The third-order valence-corrected chi connectivity index (χ3v) is 19.5. The van der Waals surface area contributed by atoms with Crippen LogP contribution in [-0.2, 0) is 10.8 Å². The van der Waals surface area contributed by atoms with Crippen LogP contribution >= 0.6 is 223 Å². The molecule has 2 N–H and O–H groups in total. The quantitative estimate of drug-likeness (QED) is 0.0694. The SMILES string of the molecule is CC(COc1c(Br)cc(Br)cc1Br)COc1c(Br)cc(C(C)(C)c2cc(Br)c(OCC(O)COc3c(Br)cc(C(C)(C)c4cc(Br)c(OCC(O)COc5c(Br)cc(Br)cc5Br)c(Br)c4)cc3Br)c(Br)c2)cc1Br. The van der Waals surface area contributed by atoms with Gasteiger partial charge in [-0.3, -0.25) is 0 Å². The van der Waals surface area contributed by atoms with Crippen molar-refractivity contribution in [2.24, 2.45) is 5.92 Å². The molecule has 0 aromatic heterocycles. The molecule has 0 fully saturated rings. The Balaban J connectivity index is 1.03. The molecule has 0 radical (unpaired) electrons. The number of hydrogen-bond acceptors (Lipinski definition) is 8. The molecule has 6 aromatic carbocycles. The van der Waals surface area contributed by atoms with Gasteiger partial charge in [-0.1, -0.05) is 66.5 Å². The Morgan fingerprint density at radius 2 is 0.473 bits per heavy atom. The Kier molecular flexibility index (Phi) is 24.3. The second-order valence-corrected chi connectivity index (χ2v) is 30.1. The summed E-state index contributed by atoms with van der Waals surface area (Å²) in [5.41, 5.74) is 3.15. The fourth-order valence-electron chi connectivity index (χ4n) is 7.22. The van der Waals surface area contributed by atoms with Crippen molar-refractivity contribution in [2.45, 2.75) is 57.7 Å². The minimum Gasteiger partial charge on any atom is -0.491 e. The zero-order valence-electron chi connectivity index (χ0n) is 39.5. The van der Waals surface area contributed by atoms with Gasteiger partial charge in [0.1, 0.15) is 73.1 Å². The Bertz CT molecular complexity index is 2670. The molecule has 0 saturated carbocycles. The molecule has 398 valence electrons. The summed E-state index contributed by atoms with van der Waals surface area (Å²) in [4.78, 5) is 0. The Labute approximate surface area is 549 Å². The lowest BCUT2D eigenvalue weighted by molar-refractivity contribution is 0.0615. The molecule has 22 heteroatoms. The summed E-state index contributed by atoms with van der Waals surface area (Å²) >= 11 is 51.0. The van der Waals surface area contributed by atoms with Gasteiger partial charge in [-0.2, -0.15) is 0 Å². The second kappa shape index (κ2) is 28.2. The van der Waals surface area contributed by atoms with Crippen molar-refractivity contribution in [1.29, 1.82) is 0 Å².